The molecule has 0 N–H and O–H groups in total. The van der Waals surface area contributed by atoms with Gasteiger partial charge < -0.3 is 0 Å². The van der Waals surface area contributed by atoms with E-state index >= 15 is 0 Å². The third-order valence-corrected chi connectivity index (χ3v) is 2.56. The predicted octanol–water partition coefficient (Wildman–Crippen LogP) is 0.716. The Balaban J connectivity index is 2.35. The SMILES string of the molecule is N#Cc1nc(Cn2ncccc2=O)cnc1Br. The highest BCUT2D eigenvalue weighted by Gasteiger charge is 2.05. The minimum Gasteiger partial charge on any atom is -0.268 e. The number of halogens is 1. The monoisotopic (exact) mass is 291 g/mol. The van der Waals surface area contributed by atoms with Crippen molar-refractivity contribution >= 4 is 15.9 Å². The first-order chi connectivity index (χ1) is 8.20. The van der Waals surface area contributed by atoms with Crippen LogP contribution in [0.1, 0.15) is 11.4 Å². The molecule has 17 heavy (non-hydrogen) atoms. The number of aromatic nitrogens is 4. The Morgan fingerprint density at radius 2 is 2.35 bits per heavy atom. The van der Waals surface area contributed by atoms with E-state index < -0.39 is 0 Å². The molecular formula is C10H6BrN5O. The minimum atomic E-state index is -0.226. The number of hydrogen-bond acceptors (Lipinski definition) is 5. The molecule has 0 unspecified atom stereocenters. The molecule has 84 valence electrons. The van der Waals surface area contributed by atoms with Gasteiger partial charge in [0.25, 0.3) is 5.56 Å². The standard InChI is InChI=1S/C10H6BrN5O/c11-10-8(4-12)15-7(5-13-10)6-16-9(17)2-1-3-14-16/h1-3,5H,6H2. The van der Waals surface area contributed by atoms with Gasteiger partial charge in [-0.25, -0.2) is 14.6 Å². The fourth-order valence-electron chi connectivity index (χ4n) is 1.22. The first-order valence-corrected chi connectivity index (χ1v) is 5.43. The molecule has 6 nitrogen and oxygen atoms in total. The van der Waals surface area contributed by atoms with Crippen LogP contribution in [0.5, 0.6) is 0 Å². The Hall–Kier alpha value is -2.07. The highest BCUT2D eigenvalue weighted by molar-refractivity contribution is 9.10. The van der Waals surface area contributed by atoms with Gasteiger partial charge in [-0.2, -0.15) is 10.4 Å². The molecule has 0 aliphatic heterocycles. The lowest BCUT2D eigenvalue weighted by Crippen LogP contribution is -2.22. The van der Waals surface area contributed by atoms with E-state index in [1.165, 1.54) is 23.1 Å². The van der Waals surface area contributed by atoms with Crippen LogP contribution in [0, 0.1) is 11.3 Å². The molecule has 0 amide bonds. The van der Waals surface area contributed by atoms with E-state index in [-0.39, 0.29) is 17.8 Å². The smallest absolute Gasteiger partial charge is 0.267 e. The van der Waals surface area contributed by atoms with Gasteiger partial charge in [-0.05, 0) is 22.0 Å². The van der Waals surface area contributed by atoms with Crippen LogP contribution in [-0.4, -0.2) is 19.7 Å². The van der Waals surface area contributed by atoms with Gasteiger partial charge in [-0.3, -0.25) is 4.79 Å². The molecule has 0 saturated heterocycles. The molecule has 0 atom stereocenters. The molecule has 2 rings (SSSR count). The summed E-state index contributed by atoms with van der Waals surface area (Å²) in [7, 11) is 0. The third-order valence-electron chi connectivity index (χ3n) is 1.98. The summed E-state index contributed by atoms with van der Waals surface area (Å²) in [5, 5.41) is 12.7. The average molecular weight is 292 g/mol. The Labute approximate surface area is 105 Å². The number of nitrogens with zero attached hydrogens (tertiary/aromatic N) is 5. The maximum absolute atomic E-state index is 11.4. The third kappa shape index (κ3) is 2.54. The van der Waals surface area contributed by atoms with E-state index in [9.17, 15) is 4.79 Å². The van der Waals surface area contributed by atoms with Gasteiger partial charge in [0.05, 0.1) is 18.4 Å². The van der Waals surface area contributed by atoms with Crippen LogP contribution in [0.4, 0.5) is 0 Å². The van der Waals surface area contributed by atoms with Crippen molar-refractivity contribution in [2.45, 2.75) is 6.54 Å². The first-order valence-electron chi connectivity index (χ1n) is 4.64. The maximum atomic E-state index is 11.4. The Morgan fingerprint density at radius 1 is 1.53 bits per heavy atom. The van der Waals surface area contributed by atoms with Gasteiger partial charge in [0.15, 0.2) is 5.69 Å². The van der Waals surface area contributed by atoms with Crippen molar-refractivity contribution < 1.29 is 0 Å². The molecular weight excluding hydrogens is 286 g/mol. The van der Waals surface area contributed by atoms with Crippen molar-refractivity contribution in [1.29, 1.82) is 5.26 Å². The van der Waals surface area contributed by atoms with E-state index in [2.05, 4.69) is 31.0 Å². The lowest BCUT2D eigenvalue weighted by Gasteiger charge is -2.03. The summed E-state index contributed by atoms with van der Waals surface area (Å²) < 4.78 is 1.64. The summed E-state index contributed by atoms with van der Waals surface area (Å²) in [6, 6.07) is 4.88. The van der Waals surface area contributed by atoms with Crippen LogP contribution >= 0.6 is 15.9 Å². The summed E-state index contributed by atoms with van der Waals surface area (Å²) in [6.45, 7) is 0.189. The van der Waals surface area contributed by atoms with Crippen molar-refractivity contribution in [3.8, 4) is 6.07 Å². The lowest BCUT2D eigenvalue weighted by atomic mass is 10.4. The van der Waals surface area contributed by atoms with Gasteiger partial charge in [-0.15, -0.1) is 0 Å². The van der Waals surface area contributed by atoms with E-state index in [1.54, 1.807) is 6.07 Å². The zero-order valence-electron chi connectivity index (χ0n) is 8.54. The predicted molar refractivity (Wildman–Crippen MR) is 62.0 cm³/mol. The molecule has 2 aromatic rings. The molecule has 0 aliphatic rings. The second-order valence-corrected chi connectivity index (χ2v) is 3.88. The fraction of sp³-hybridized carbons (Fsp3) is 0.100. The van der Waals surface area contributed by atoms with Crippen molar-refractivity contribution in [1.82, 2.24) is 19.7 Å². The molecule has 0 radical (unpaired) electrons. The fourth-order valence-corrected chi connectivity index (χ4v) is 1.50. The van der Waals surface area contributed by atoms with Crippen LogP contribution in [0.15, 0.2) is 33.9 Å². The quantitative estimate of drug-likeness (QED) is 0.814. The van der Waals surface area contributed by atoms with E-state index in [4.69, 9.17) is 5.26 Å². The number of rotatable bonds is 2. The minimum absolute atomic E-state index is 0.187. The number of nitriles is 1. The van der Waals surface area contributed by atoms with E-state index in [0.29, 0.717) is 10.3 Å². The van der Waals surface area contributed by atoms with Gasteiger partial charge in [0.1, 0.15) is 10.7 Å². The van der Waals surface area contributed by atoms with Crippen molar-refractivity contribution in [2.24, 2.45) is 0 Å². The van der Waals surface area contributed by atoms with Crippen molar-refractivity contribution in [3.05, 3.63) is 50.9 Å². The van der Waals surface area contributed by atoms with Crippen LogP contribution in [0.25, 0.3) is 0 Å². The summed E-state index contributed by atoms with van der Waals surface area (Å²) in [6.07, 6.45) is 3.00. The highest BCUT2D eigenvalue weighted by atomic mass is 79.9. The topological polar surface area (TPSA) is 84.5 Å². The molecule has 0 bridgehead atoms. The lowest BCUT2D eigenvalue weighted by molar-refractivity contribution is 0.624. The van der Waals surface area contributed by atoms with Crippen LogP contribution < -0.4 is 5.56 Å². The molecule has 7 heteroatoms. The molecule has 2 heterocycles. The molecule has 2 aromatic heterocycles. The Kier molecular flexibility index (Phi) is 3.25. The van der Waals surface area contributed by atoms with E-state index in [1.807, 2.05) is 6.07 Å². The van der Waals surface area contributed by atoms with Crippen LogP contribution in [0.2, 0.25) is 0 Å². The summed E-state index contributed by atoms with van der Waals surface area (Å²) in [4.78, 5) is 19.4. The van der Waals surface area contributed by atoms with Gasteiger partial charge >= 0.3 is 0 Å². The second-order valence-electron chi connectivity index (χ2n) is 3.13. The molecule has 0 spiro atoms. The van der Waals surface area contributed by atoms with Crippen LogP contribution in [0.3, 0.4) is 0 Å². The summed E-state index contributed by atoms with van der Waals surface area (Å²) in [5.74, 6) is 0. The molecule has 0 aromatic carbocycles. The Bertz CT molecular complexity index is 646. The maximum Gasteiger partial charge on any atom is 0.267 e. The highest BCUT2D eigenvalue weighted by Crippen LogP contribution is 2.10. The zero-order valence-corrected chi connectivity index (χ0v) is 10.1. The van der Waals surface area contributed by atoms with Gasteiger partial charge in [0.2, 0.25) is 0 Å². The van der Waals surface area contributed by atoms with Gasteiger partial charge in [-0.1, -0.05) is 0 Å². The summed E-state index contributed by atoms with van der Waals surface area (Å²) >= 11 is 3.11. The largest absolute Gasteiger partial charge is 0.268 e. The molecule has 0 aliphatic carbocycles. The van der Waals surface area contributed by atoms with Crippen LogP contribution in [-0.2, 0) is 6.54 Å². The van der Waals surface area contributed by atoms with Crippen molar-refractivity contribution in [2.75, 3.05) is 0 Å². The summed E-state index contributed by atoms with van der Waals surface area (Å²) in [5.41, 5.74) is 0.466. The Morgan fingerprint density at radius 3 is 3.06 bits per heavy atom. The van der Waals surface area contributed by atoms with Crippen molar-refractivity contribution in [3.63, 3.8) is 0 Å². The van der Waals surface area contributed by atoms with Gasteiger partial charge in [0, 0.05) is 12.3 Å². The average Bonchev–Trinajstić information content (AvgIpc) is 2.34. The molecule has 0 saturated carbocycles. The molecule has 0 fully saturated rings. The van der Waals surface area contributed by atoms with E-state index in [0.717, 1.165) is 0 Å². The zero-order chi connectivity index (χ0) is 12.3. The first kappa shape index (κ1) is 11.4. The number of hydrogen-bond donors (Lipinski definition) is 0. The normalized spacial score (nSPS) is 9.88. The second kappa shape index (κ2) is 4.84.